The maximum Gasteiger partial charge on any atom is 0.193 e. The normalized spacial score (nSPS) is 10.6. The van der Waals surface area contributed by atoms with Crippen LogP contribution in [-0.2, 0) is 0 Å². The lowest BCUT2D eigenvalue weighted by atomic mass is 10.3. The largest absolute Gasteiger partial charge is 0.492 e. The highest BCUT2D eigenvalue weighted by molar-refractivity contribution is 14.0. The van der Waals surface area contributed by atoms with Crippen LogP contribution >= 0.6 is 24.0 Å². The summed E-state index contributed by atoms with van der Waals surface area (Å²) in [5.41, 5.74) is 0. The van der Waals surface area contributed by atoms with Crippen LogP contribution in [0.5, 0.6) is 11.5 Å². The maximum atomic E-state index is 5.70. The molecule has 0 spiro atoms. The van der Waals surface area contributed by atoms with Crippen LogP contribution in [0, 0.1) is 0 Å². The van der Waals surface area contributed by atoms with Crippen LogP contribution in [0.25, 0.3) is 0 Å². The minimum Gasteiger partial charge on any atom is -0.492 e. The van der Waals surface area contributed by atoms with E-state index in [0.29, 0.717) is 19.8 Å². The molecule has 136 valence electrons. The topological polar surface area (TPSA) is 59.0 Å². The highest BCUT2D eigenvalue weighted by atomic mass is 127. The van der Waals surface area contributed by atoms with Crippen molar-refractivity contribution in [3.63, 3.8) is 0 Å². The zero-order valence-electron chi connectivity index (χ0n) is 14.6. The second-order valence-electron chi connectivity index (χ2n) is 5.09. The van der Waals surface area contributed by atoms with Gasteiger partial charge in [0.25, 0.3) is 0 Å². The summed E-state index contributed by atoms with van der Waals surface area (Å²) in [5.74, 6) is 2.44. The zero-order valence-corrected chi connectivity index (χ0v) is 16.9. The van der Waals surface area contributed by atoms with Crippen molar-refractivity contribution in [3.8, 4) is 11.5 Å². The van der Waals surface area contributed by atoms with E-state index in [9.17, 15) is 0 Å². The van der Waals surface area contributed by atoms with Crippen molar-refractivity contribution < 1.29 is 9.47 Å². The van der Waals surface area contributed by atoms with Gasteiger partial charge >= 0.3 is 0 Å². The van der Waals surface area contributed by atoms with E-state index in [1.165, 1.54) is 0 Å². The lowest BCUT2D eigenvalue weighted by Crippen LogP contribution is -2.42. The fourth-order valence-corrected chi connectivity index (χ4v) is 2.07. The molecule has 7 heteroatoms. The molecule has 25 heavy (non-hydrogen) atoms. The van der Waals surface area contributed by atoms with Crippen LogP contribution in [0.1, 0.15) is 0 Å². The van der Waals surface area contributed by atoms with Gasteiger partial charge in [-0.15, -0.1) is 24.0 Å². The van der Waals surface area contributed by atoms with Gasteiger partial charge in [0.1, 0.15) is 24.7 Å². The average Bonchev–Trinajstić information content (AvgIpc) is 2.63. The minimum absolute atomic E-state index is 0. The fraction of sp³-hybridized carbons (Fsp3) is 0.333. The van der Waals surface area contributed by atoms with E-state index < -0.39 is 0 Å². The molecule has 1 aromatic heterocycles. The summed E-state index contributed by atoms with van der Waals surface area (Å²) in [6.07, 6.45) is 3.42. The van der Waals surface area contributed by atoms with E-state index >= 15 is 0 Å². The van der Waals surface area contributed by atoms with Crippen LogP contribution in [0.4, 0.5) is 0 Å². The average molecular weight is 456 g/mol. The molecule has 0 radical (unpaired) electrons. The monoisotopic (exact) mass is 456 g/mol. The Morgan fingerprint density at radius 1 is 1.08 bits per heavy atom. The summed E-state index contributed by atoms with van der Waals surface area (Å²) in [5, 5.41) is 3.26. The van der Waals surface area contributed by atoms with Crippen LogP contribution in [0.15, 0.2) is 59.9 Å². The van der Waals surface area contributed by atoms with Gasteiger partial charge in [0.2, 0.25) is 0 Å². The van der Waals surface area contributed by atoms with E-state index in [2.05, 4.69) is 15.3 Å². The molecule has 0 saturated heterocycles. The highest BCUT2D eigenvalue weighted by Gasteiger charge is 2.05. The Balaban J connectivity index is 0.00000312. The van der Waals surface area contributed by atoms with Crippen molar-refractivity contribution in [3.05, 3.63) is 54.9 Å². The molecule has 0 amide bonds. The number of guanidine groups is 1. The molecular weight excluding hydrogens is 431 g/mol. The first kappa shape index (κ1) is 21.0. The molecule has 0 aliphatic rings. The molecule has 2 aromatic rings. The Morgan fingerprint density at radius 3 is 2.48 bits per heavy atom. The number of para-hydroxylation sites is 1. The molecule has 0 bridgehead atoms. The van der Waals surface area contributed by atoms with Crippen LogP contribution in [0.3, 0.4) is 0 Å². The van der Waals surface area contributed by atoms with Gasteiger partial charge in [0.15, 0.2) is 5.96 Å². The number of hydrogen-bond donors (Lipinski definition) is 1. The summed E-state index contributed by atoms with van der Waals surface area (Å²) in [6, 6.07) is 13.5. The van der Waals surface area contributed by atoms with Gasteiger partial charge in [-0.05, 0) is 24.3 Å². The fourth-order valence-electron chi connectivity index (χ4n) is 2.07. The van der Waals surface area contributed by atoms with E-state index in [1.54, 1.807) is 19.4 Å². The van der Waals surface area contributed by atoms with Gasteiger partial charge in [-0.3, -0.25) is 9.98 Å². The molecule has 0 fully saturated rings. The molecule has 0 saturated carbocycles. The number of halogens is 1. The number of aliphatic imine (C=N–C) groups is 1. The van der Waals surface area contributed by atoms with Gasteiger partial charge < -0.3 is 19.7 Å². The maximum absolute atomic E-state index is 5.70. The summed E-state index contributed by atoms with van der Waals surface area (Å²) >= 11 is 0. The second-order valence-corrected chi connectivity index (χ2v) is 5.09. The highest BCUT2D eigenvalue weighted by Crippen LogP contribution is 2.08. The standard InChI is InChI=1S/C18H24N4O2.HI/c1-19-18(21-11-13-23-17-9-6-10-20-15-17)22(2)12-14-24-16-7-4-3-5-8-16;/h3-10,15H,11-14H2,1-2H3,(H,19,21);1H. The summed E-state index contributed by atoms with van der Waals surface area (Å²) in [4.78, 5) is 10.3. The van der Waals surface area contributed by atoms with Crippen LogP contribution < -0.4 is 14.8 Å². The number of aromatic nitrogens is 1. The Bertz CT molecular complexity index is 611. The lowest BCUT2D eigenvalue weighted by Gasteiger charge is -2.22. The Labute approximate surface area is 166 Å². The lowest BCUT2D eigenvalue weighted by molar-refractivity contribution is 0.279. The third-order valence-electron chi connectivity index (χ3n) is 3.30. The molecule has 1 N–H and O–H groups in total. The molecule has 6 nitrogen and oxygen atoms in total. The number of nitrogens with one attached hydrogen (secondary N) is 1. The van der Waals surface area contributed by atoms with Gasteiger partial charge in [0, 0.05) is 20.3 Å². The second kappa shape index (κ2) is 12.3. The minimum atomic E-state index is 0. The number of pyridine rings is 1. The first-order valence-corrected chi connectivity index (χ1v) is 7.92. The molecule has 0 aliphatic heterocycles. The van der Waals surface area contributed by atoms with Crippen molar-refractivity contribution in [2.75, 3.05) is 40.4 Å². The Hall–Kier alpha value is -2.03. The smallest absolute Gasteiger partial charge is 0.193 e. The van der Waals surface area contributed by atoms with Gasteiger partial charge in [-0.1, -0.05) is 18.2 Å². The van der Waals surface area contributed by atoms with Crippen molar-refractivity contribution in [2.24, 2.45) is 4.99 Å². The molecule has 2 rings (SSSR count). The first-order chi connectivity index (χ1) is 11.8. The number of nitrogens with zero attached hydrogens (tertiary/aromatic N) is 3. The molecule has 0 unspecified atom stereocenters. The molecular formula is C18H25IN4O2. The summed E-state index contributed by atoms with van der Waals surface area (Å²) in [6.45, 7) is 2.52. The Morgan fingerprint density at radius 2 is 1.80 bits per heavy atom. The number of rotatable bonds is 8. The van der Waals surface area contributed by atoms with E-state index in [1.807, 2.05) is 54.4 Å². The summed E-state index contributed by atoms with van der Waals surface area (Å²) in [7, 11) is 3.74. The molecule has 1 heterocycles. The zero-order chi connectivity index (χ0) is 17.0. The van der Waals surface area contributed by atoms with Gasteiger partial charge in [-0.2, -0.15) is 0 Å². The van der Waals surface area contributed by atoms with Gasteiger partial charge in [-0.25, -0.2) is 0 Å². The molecule has 1 aromatic carbocycles. The third-order valence-corrected chi connectivity index (χ3v) is 3.30. The third kappa shape index (κ3) is 8.06. The quantitative estimate of drug-likeness (QED) is 0.287. The van der Waals surface area contributed by atoms with Crippen molar-refractivity contribution in [1.29, 1.82) is 0 Å². The van der Waals surface area contributed by atoms with Gasteiger partial charge in [0.05, 0.1) is 19.3 Å². The molecule has 0 aliphatic carbocycles. The van der Waals surface area contributed by atoms with E-state index in [4.69, 9.17) is 9.47 Å². The van der Waals surface area contributed by atoms with Crippen molar-refractivity contribution in [1.82, 2.24) is 15.2 Å². The van der Waals surface area contributed by atoms with Crippen LogP contribution in [-0.4, -0.2) is 56.2 Å². The number of hydrogen-bond acceptors (Lipinski definition) is 4. The van der Waals surface area contributed by atoms with Crippen molar-refractivity contribution >= 4 is 29.9 Å². The SMILES string of the molecule is CN=C(NCCOc1cccnc1)N(C)CCOc1ccccc1.I. The predicted molar refractivity (Wildman–Crippen MR) is 111 cm³/mol. The summed E-state index contributed by atoms with van der Waals surface area (Å²) < 4.78 is 11.3. The Kier molecular flexibility index (Phi) is 10.4. The predicted octanol–water partition coefficient (Wildman–Crippen LogP) is 2.66. The molecule has 0 atom stereocenters. The first-order valence-electron chi connectivity index (χ1n) is 7.92. The number of benzene rings is 1. The van der Waals surface area contributed by atoms with E-state index in [0.717, 1.165) is 24.0 Å². The van der Waals surface area contributed by atoms with Crippen molar-refractivity contribution in [2.45, 2.75) is 0 Å². The van der Waals surface area contributed by atoms with Crippen LogP contribution in [0.2, 0.25) is 0 Å². The van der Waals surface area contributed by atoms with E-state index in [-0.39, 0.29) is 24.0 Å². The number of ether oxygens (including phenoxy) is 2. The number of likely N-dealkylation sites (N-methyl/N-ethyl adjacent to an activating group) is 1.